The molecule has 0 saturated carbocycles. The average molecular weight is 154 g/mol. The highest BCUT2D eigenvalue weighted by Gasteiger charge is 2.18. The molecule has 0 aromatic heterocycles. The number of hydrogen-bond donors (Lipinski definition) is 2. The number of carbonyl (C=O) groups excluding carboxylic acids is 1. The Labute approximate surface area is 66.6 Å². The number of nitrogens with one attached hydrogen (secondary N) is 1. The van der Waals surface area contributed by atoms with Crippen LogP contribution >= 0.6 is 0 Å². The summed E-state index contributed by atoms with van der Waals surface area (Å²) >= 11 is 0. The molecule has 3 heteroatoms. The van der Waals surface area contributed by atoms with Gasteiger partial charge in [-0.3, -0.25) is 10.2 Å². The van der Waals surface area contributed by atoms with Gasteiger partial charge in [0, 0.05) is 5.92 Å². The highest BCUT2D eigenvalue weighted by Crippen LogP contribution is 2.22. The SMILES string of the molecule is CC1=CCC(C(=O)NN)CC1. The topological polar surface area (TPSA) is 55.1 Å². The van der Waals surface area contributed by atoms with Crippen LogP contribution in [0.15, 0.2) is 11.6 Å². The third-order valence-electron chi connectivity index (χ3n) is 2.15. The van der Waals surface area contributed by atoms with Crippen molar-refractivity contribution < 1.29 is 4.79 Å². The maximum Gasteiger partial charge on any atom is 0.237 e. The molecule has 1 atom stereocenters. The Morgan fingerprint density at radius 3 is 3.00 bits per heavy atom. The van der Waals surface area contributed by atoms with E-state index in [1.165, 1.54) is 5.57 Å². The van der Waals surface area contributed by atoms with Crippen LogP contribution < -0.4 is 11.3 Å². The lowest BCUT2D eigenvalue weighted by molar-refractivity contribution is -0.125. The lowest BCUT2D eigenvalue weighted by Crippen LogP contribution is -2.36. The summed E-state index contributed by atoms with van der Waals surface area (Å²) in [6, 6.07) is 0. The number of nitrogens with two attached hydrogens (primary N) is 1. The van der Waals surface area contributed by atoms with Gasteiger partial charge < -0.3 is 0 Å². The molecule has 0 radical (unpaired) electrons. The third kappa shape index (κ3) is 2.05. The van der Waals surface area contributed by atoms with Gasteiger partial charge in [0.05, 0.1) is 0 Å². The van der Waals surface area contributed by atoms with Crippen molar-refractivity contribution in [2.45, 2.75) is 26.2 Å². The predicted molar refractivity (Wildman–Crippen MR) is 43.4 cm³/mol. The molecule has 3 nitrogen and oxygen atoms in total. The van der Waals surface area contributed by atoms with Gasteiger partial charge >= 0.3 is 0 Å². The number of hydrogen-bond acceptors (Lipinski definition) is 2. The van der Waals surface area contributed by atoms with E-state index in [9.17, 15) is 4.79 Å². The zero-order valence-electron chi connectivity index (χ0n) is 6.76. The minimum Gasteiger partial charge on any atom is -0.294 e. The molecule has 1 unspecified atom stereocenters. The monoisotopic (exact) mass is 154 g/mol. The number of carbonyl (C=O) groups is 1. The predicted octanol–water partition coefficient (Wildman–Crippen LogP) is 0.723. The van der Waals surface area contributed by atoms with Crippen molar-refractivity contribution in [1.82, 2.24) is 5.43 Å². The standard InChI is InChI=1S/C8H14N2O/c1-6-2-4-7(5-3-6)8(11)10-9/h2,7H,3-5,9H2,1H3,(H,10,11). The molecule has 62 valence electrons. The zero-order valence-corrected chi connectivity index (χ0v) is 6.76. The Kier molecular flexibility index (Phi) is 2.65. The van der Waals surface area contributed by atoms with Crippen LogP contribution in [0, 0.1) is 5.92 Å². The van der Waals surface area contributed by atoms with Crippen LogP contribution in [-0.2, 0) is 4.79 Å². The van der Waals surface area contributed by atoms with Gasteiger partial charge in [0.2, 0.25) is 5.91 Å². The Balaban J connectivity index is 2.47. The lowest BCUT2D eigenvalue weighted by Gasteiger charge is -2.17. The second-order valence-electron chi connectivity index (χ2n) is 3.03. The van der Waals surface area contributed by atoms with E-state index in [0.29, 0.717) is 0 Å². The fourth-order valence-electron chi connectivity index (χ4n) is 1.32. The van der Waals surface area contributed by atoms with E-state index in [0.717, 1.165) is 19.3 Å². The van der Waals surface area contributed by atoms with E-state index < -0.39 is 0 Å². The Morgan fingerprint density at radius 2 is 2.55 bits per heavy atom. The van der Waals surface area contributed by atoms with E-state index in [1.807, 2.05) is 0 Å². The summed E-state index contributed by atoms with van der Waals surface area (Å²) in [5.41, 5.74) is 3.56. The molecule has 1 aliphatic rings. The van der Waals surface area contributed by atoms with E-state index in [4.69, 9.17) is 5.84 Å². The molecule has 0 fully saturated rings. The van der Waals surface area contributed by atoms with Crippen molar-refractivity contribution in [3.8, 4) is 0 Å². The van der Waals surface area contributed by atoms with Gasteiger partial charge in [0.25, 0.3) is 0 Å². The minimum absolute atomic E-state index is 0.0336. The smallest absolute Gasteiger partial charge is 0.237 e. The number of amides is 1. The van der Waals surface area contributed by atoms with Crippen molar-refractivity contribution >= 4 is 5.91 Å². The van der Waals surface area contributed by atoms with Crippen LogP contribution in [0.4, 0.5) is 0 Å². The van der Waals surface area contributed by atoms with Crippen LogP contribution in [0.25, 0.3) is 0 Å². The first kappa shape index (κ1) is 8.27. The molecule has 1 rings (SSSR count). The molecule has 0 bridgehead atoms. The Hall–Kier alpha value is -0.830. The molecule has 0 aromatic carbocycles. The third-order valence-corrected chi connectivity index (χ3v) is 2.15. The summed E-state index contributed by atoms with van der Waals surface area (Å²) in [7, 11) is 0. The minimum atomic E-state index is -0.0336. The van der Waals surface area contributed by atoms with Gasteiger partial charge in [-0.25, -0.2) is 5.84 Å². The van der Waals surface area contributed by atoms with Crippen LogP contribution in [0.1, 0.15) is 26.2 Å². The molecule has 0 saturated heterocycles. The van der Waals surface area contributed by atoms with E-state index in [1.54, 1.807) is 0 Å². The zero-order chi connectivity index (χ0) is 8.27. The highest BCUT2D eigenvalue weighted by molar-refractivity contribution is 5.78. The molecule has 0 heterocycles. The van der Waals surface area contributed by atoms with Gasteiger partial charge in [-0.1, -0.05) is 11.6 Å². The van der Waals surface area contributed by atoms with Crippen molar-refractivity contribution in [2.24, 2.45) is 11.8 Å². The number of hydrazine groups is 1. The summed E-state index contributed by atoms with van der Waals surface area (Å²) < 4.78 is 0. The van der Waals surface area contributed by atoms with Crippen LogP contribution in [0.3, 0.4) is 0 Å². The lowest BCUT2D eigenvalue weighted by atomic mass is 9.90. The first-order valence-corrected chi connectivity index (χ1v) is 3.90. The van der Waals surface area contributed by atoms with Gasteiger partial charge in [-0.15, -0.1) is 0 Å². The Bertz CT molecular complexity index is 187. The molecule has 1 amide bonds. The molecule has 1 aliphatic carbocycles. The summed E-state index contributed by atoms with van der Waals surface area (Å²) in [5, 5.41) is 0. The molecular formula is C8H14N2O. The van der Waals surface area contributed by atoms with Crippen molar-refractivity contribution in [1.29, 1.82) is 0 Å². The largest absolute Gasteiger partial charge is 0.294 e. The summed E-state index contributed by atoms with van der Waals surface area (Å²) in [5.74, 6) is 5.08. The van der Waals surface area contributed by atoms with Gasteiger partial charge in [0.15, 0.2) is 0 Å². The van der Waals surface area contributed by atoms with Crippen molar-refractivity contribution in [3.63, 3.8) is 0 Å². The van der Waals surface area contributed by atoms with Crippen LogP contribution in [0.2, 0.25) is 0 Å². The Morgan fingerprint density at radius 1 is 1.82 bits per heavy atom. The normalized spacial score (nSPS) is 24.2. The molecule has 0 aromatic rings. The summed E-state index contributed by atoms with van der Waals surface area (Å²) in [4.78, 5) is 11.0. The molecule has 11 heavy (non-hydrogen) atoms. The number of allylic oxidation sites excluding steroid dienone is 2. The maximum absolute atomic E-state index is 11.0. The average Bonchev–Trinajstić information content (AvgIpc) is 2.05. The second-order valence-corrected chi connectivity index (χ2v) is 3.03. The molecular weight excluding hydrogens is 140 g/mol. The van der Waals surface area contributed by atoms with Crippen LogP contribution in [0.5, 0.6) is 0 Å². The summed E-state index contributed by atoms with van der Waals surface area (Å²) in [6.45, 7) is 2.09. The van der Waals surface area contributed by atoms with Crippen molar-refractivity contribution in [2.75, 3.05) is 0 Å². The van der Waals surface area contributed by atoms with Crippen LogP contribution in [-0.4, -0.2) is 5.91 Å². The number of rotatable bonds is 1. The van der Waals surface area contributed by atoms with E-state index in [2.05, 4.69) is 18.4 Å². The molecule has 3 N–H and O–H groups in total. The fraction of sp³-hybridized carbons (Fsp3) is 0.625. The first-order valence-electron chi connectivity index (χ1n) is 3.90. The first-order chi connectivity index (χ1) is 5.24. The van der Waals surface area contributed by atoms with Gasteiger partial charge in [-0.05, 0) is 26.2 Å². The van der Waals surface area contributed by atoms with Crippen molar-refractivity contribution in [3.05, 3.63) is 11.6 Å². The van der Waals surface area contributed by atoms with Gasteiger partial charge in [-0.2, -0.15) is 0 Å². The fourth-order valence-corrected chi connectivity index (χ4v) is 1.32. The molecule has 0 aliphatic heterocycles. The molecule has 0 spiro atoms. The highest BCUT2D eigenvalue weighted by atomic mass is 16.2. The second kappa shape index (κ2) is 3.53. The summed E-state index contributed by atoms with van der Waals surface area (Å²) in [6.07, 6.45) is 4.92. The van der Waals surface area contributed by atoms with Gasteiger partial charge in [0.1, 0.15) is 0 Å². The quantitative estimate of drug-likeness (QED) is 0.253. The van der Waals surface area contributed by atoms with E-state index >= 15 is 0 Å². The maximum atomic E-state index is 11.0. The van der Waals surface area contributed by atoms with E-state index in [-0.39, 0.29) is 11.8 Å².